The Kier molecular flexibility index (Phi) is 13.1. The maximum absolute atomic E-state index is 10.6. The number of nitrogens with zero attached hydrogens (tertiary/aromatic N) is 2. The molecule has 0 saturated carbocycles. The number of aliphatic carboxylic acids is 2. The Hall–Kier alpha value is -1.22. The van der Waals surface area contributed by atoms with E-state index in [4.69, 9.17) is 10.2 Å². The Morgan fingerprint density at radius 1 is 0.654 bits per heavy atom. The van der Waals surface area contributed by atoms with Crippen molar-refractivity contribution in [1.29, 1.82) is 0 Å². The molecular formula is C18H36N4O4. The Morgan fingerprint density at radius 2 is 1.00 bits per heavy atom. The van der Waals surface area contributed by atoms with E-state index in [1.54, 1.807) is 0 Å². The number of carboxylic acid groups (broad SMARTS) is 2. The summed E-state index contributed by atoms with van der Waals surface area (Å²) in [5, 5.41) is 24.4. The van der Waals surface area contributed by atoms with Crippen LogP contribution in [0.4, 0.5) is 0 Å². The Labute approximate surface area is 156 Å². The lowest BCUT2D eigenvalue weighted by Crippen LogP contribution is -2.43. The molecule has 1 saturated heterocycles. The fourth-order valence-electron chi connectivity index (χ4n) is 3.09. The van der Waals surface area contributed by atoms with Gasteiger partial charge < -0.3 is 30.6 Å². The molecule has 0 radical (unpaired) electrons. The van der Waals surface area contributed by atoms with E-state index in [2.05, 4.69) is 20.4 Å². The van der Waals surface area contributed by atoms with Gasteiger partial charge >= 0.3 is 11.9 Å². The van der Waals surface area contributed by atoms with Crippen molar-refractivity contribution in [2.75, 3.05) is 65.4 Å². The zero-order valence-electron chi connectivity index (χ0n) is 15.9. The van der Waals surface area contributed by atoms with Crippen LogP contribution >= 0.6 is 0 Å². The van der Waals surface area contributed by atoms with E-state index < -0.39 is 11.9 Å². The molecule has 0 amide bonds. The standard InChI is InChI=1S/C18H36N4O4/c23-17(24)5-1-3-11-21-13-7-19-9-15-22(16-10-20-8-14-21)12-4-2-6-18(25)26/h19-20H,1-16H2,(H,23,24)(H,25,26). The Balaban J connectivity index is 2.22. The fourth-order valence-corrected chi connectivity index (χ4v) is 3.09. The molecule has 8 heteroatoms. The maximum Gasteiger partial charge on any atom is 0.303 e. The van der Waals surface area contributed by atoms with Crippen LogP contribution in [0.5, 0.6) is 0 Å². The van der Waals surface area contributed by atoms with E-state index in [-0.39, 0.29) is 12.8 Å². The second kappa shape index (κ2) is 14.9. The lowest BCUT2D eigenvalue weighted by molar-refractivity contribution is -0.138. The van der Waals surface area contributed by atoms with Crippen molar-refractivity contribution in [3.8, 4) is 0 Å². The van der Waals surface area contributed by atoms with Gasteiger partial charge in [-0.15, -0.1) is 0 Å². The molecule has 1 rings (SSSR count). The molecule has 0 bridgehead atoms. The second-order valence-electron chi connectivity index (χ2n) is 6.88. The third kappa shape index (κ3) is 13.0. The predicted octanol–water partition coefficient (Wildman–Crippen LogP) is 0.293. The van der Waals surface area contributed by atoms with Crippen molar-refractivity contribution < 1.29 is 19.8 Å². The molecule has 1 heterocycles. The molecule has 0 aromatic heterocycles. The smallest absolute Gasteiger partial charge is 0.303 e. The minimum absolute atomic E-state index is 0.257. The highest BCUT2D eigenvalue weighted by atomic mass is 16.4. The number of carbonyl (C=O) groups is 2. The van der Waals surface area contributed by atoms with Crippen LogP contribution < -0.4 is 10.6 Å². The predicted molar refractivity (Wildman–Crippen MR) is 102 cm³/mol. The Bertz CT molecular complexity index is 347. The van der Waals surface area contributed by atoms with Crippen molar-refractivity contribution in [3.63, 3.8) is 0 Å². The number of nitrogens with one attached hydrogen (secondary N) is 2. The van der Waals surface area contributed by atoms with Gasteiger partial charge in [-0.25, -0.2) is 0 Å². The summed E-state index contributed by atoms with van der Waals surface area (Å²) in [5.41, 5.74) is 0. The van der Waals surface area contributed by atoms with Crippen LogP contribution in [0.15, 0.2) is 0 Å². The van der Waals surface area contributed by atoms with Crippen molar-refractivity contribution in [2.45, 2.75) is 38.5 Å². The van der Waals surface area contributed by atoms with Crippen LogP contribution in [0.3, 0.4) is 0 Å². The first-order valence-electron chi connectivity index (χ1n) is 9.87. The number of unbranched alkanes of at least 4 members (excludes halogenated alkanes) is 2. The maximum atomic E-state index is 10.6. The average Bonchev–Trinajstić information content (AvgIpc) is 2.58. The van der Waals surface area contributed by atoms with Crippen LogP contribution in [0.2, 0.25) is 0 Å². The normalized spacial score (nSPS) is 18.8. The molecule has 1 fully saturated rings. The molecule has 0 aliphatic carbocycles. The van der Waals surface area contributed by atoms with Crippen LogP contribution in [-0.4, -0.2) is 97.4 Å². The molecule has 0 aromatic rings. The third-order valence-electron chi connectivity index (χ3n) is 4.65. The highest BCUT2D eigenvalue weighted by Gasteiger charge is 2.09. The fraction of sp³-hybridized carbons (Fsp3) is 0.889. The number of hydrogen-bond donors (Lipinski definition) is 4. The van der Waals surface area contributed by atoms with Crippen LogP contribution in [0.25, 0.3) is 0 Å². The van der Waals surface area contributed by atoms with E-state index in [1.807, 2.05) is 0 Å². The van der Waals surface area contributed by atoms with Crippen LogP contribution in [0, 0.1) is 0 Å². The van der Waals surface area contributed by atoms with Crippen molar-refractivity contribution >= 4 is 11.9 Å². The summed E-state index contributed by atoms with van der Waals surface area (Å²) in [6.07, 6.45) is 3.85. The summed E-state index contributed by atoms with van der Waals surface area (Å²) in [7, 11) is 0. The summed E-state index contributed by atoms with van der Waals surface area (Å²) >= 11 is 0. The van der Waals surface area contributed by atoms with Crippen LogP contribution in [0.1, 0.15) is 38.5 Å². The van der Waals surface area contributed by atoms with Gasteiger partial charge in [-0.3, -0.25) is 9.59 Å². The first-order chi connectivity index (χ1) is 12.6. The zero-order valence-corrected chi connectivity index (χ0v) is 15.9. The van der Waals surface area contributed by atoms with E-state index in [9.17, 15) is 9.59 Å². The van der Waals surface area contributed by atoms with E-state index in [0.29, 0.717) is 0 Å². The van der Waals surface area contributed by atoms with Gasteiger partial charge in [-0.05, 0) is 38.8 Å². The van der Waals surface area contributed by atoms with Gasteiger partial charge in [0.05, 0.1) is 0 Å². The quantitative estimate of drug-likeness (QED) is 0.406. The molecule has 4 N–H and O–H groups in total. The number of hydrogen-bond acceptors (Lipinski definition) is 6. The SMILES string of the molecule is O=C(O)CCCCN1CCNCCN(CCCCC(=O)O)CCNCC1. The van der Waals surface area contributed by atoms with E-state index in [1.165, 1.54) is 0 Å². The minimum Gasteiger partial charge on any atom is -0.481 e. The number of rotatable bonds is 10. The van der Waals surface area contributed by atoms with Gasteiger partial charge in [0.1, 0.15) is 0 Å². The van der Waals surface area contributed by atoms with Gasteiger partial charge in [0.25, 0.3) is 0 Å². The average molecular weight is 373 g/mol. The first kappa shape index (κ1) is 22.8. The largest absolute Gasteiger partial charge is 0.481 e. The van der Waals surface area contributed by atoms with Gasteiger partial charge in [0.15, 0.2) is 0 Å². The van der Waals surface area contributed by atoms with Gasteiger partial charge in [0, 0.05) is 65.2 Å². The topological polar surface area (TPSA) is 105 Å². The summed E-state index contributed by atoms with van der Waals surface area (Å²) in [5.74, 6) is -1.43. The molecule has 0 atom stereocenters. The second-order valence-corrected chi connectivity index (χ2v) is 6.88. The third-order valence-corrected chi connectivity index (χ3v) is 4.65. The molecule has 1 aliphatic rings. The first-order valence-corrected chi connectivity index (χ1v) is 9.87. The lowest BCUT2D eigenvalue weighted by Gasteiger charge is -2.26. The molecule has 26 heavy (non-hydrogen) atoms. The van der Waals surface area contributed by atoms with E-state index >= 15 is 0 Å². The van der Waals surface area contributed by atoms with Crippen molar-refractivity contribution in [2.24, 2.45) is 0 Å². The van der Waals surface area contributed by atoms with Crippen molar-refractivity contribution in [3.05, 3.63) is 0 Å². The zero-order chi connectivity index (χ0) is 19.0. The van der Waals surface area contributed by atoms with E-state index in [0.717, 1.165) is 91.1 Å². The van der Waals surface area contributed by atoms with Crippen LogP contribution in [-0.2, 0) is 9.59 Å². The van der Waals surface area contributed by atoms with Gasteiger partial charge in [-0.2, -0.15) is 0 Å². The highest BCUT2D eigenvalue weighted by molar-refractivity contribution is 5.66. The molecule has 0 unspecified atom stereocenters. The highest BCUT2D eigenvalue weighted by Crippen LogP contribution is 2.01. The molecule has 8 nitrogen and oxygen atoms in total. The summed E-state index contributed by atoms with van der Waals surface area (Å²) in [6.45, 7) is 9.56. The molecule has 152 valence electrons. The van der Waals surface area contributed by atoms with Gasteiger partial charge in [0.2, 0.25) is 0 Å². The summed E-state index contributed by atoms with van der Waals surface area (Å²) in [4.78, 5) is 26.0. The molecule has 0 aromatic carbocycles. The Morgan fingerprint density at radius 3 is 1.31 bits per heavy atom. The summed E-state index contributed by atoms with van der Waals surface area (Å²) in [6, 6.07) is 0. The van der Waals surface area contributed by atoms with Gasteiger partial charge in [-0.1, -0.05) is 0 Å². The number of carboxylic acids is 2. The minimum atomic E-state index is -0.713. The molecule has 0 spiro atoms. The van der Waals surface area contributed by atoms with Crippen molar-refractivity contribution in [1.82, 2.24) is 20.4 Å². The lowest BCUT2D eigenvalue weighted by atomic mass is 10.2. The molecule has 1 aliphatic heterocycles. The summed E-state index contributed by atoms with van der Waals surface area (Å²) < 4.78 is 0. The monoisotopic (exact) mass is 372 g/mol. The molecular weight excluding hydrogens is 336 g/mol.